The summed E-state index contributed by atoms with van der Waals surface area (Å²) in [5.41, 5.74) is -0.952. The van der Waals surface area contributed by atoms with Crippen LogP contribution in [0.1, 0.15) is 33.1 Å². The molecular formula is C11H21NO2. The van der Waals surface area contributed by atoms with Crippen molar-refractivity contribution in [3.8, 4) is 0 Å². The van der Waals surface area contributed by atoms with Crippen LogP contribution in [0, 0.1) is 5.92 Å². The lowest BCUT2D eigenvalue weighted by Gasteiger charge is -2.47. The zero-order valence-electron chi connectivity index (χ0n) is 9.16. The molecule has 82 valence electrons. The minimum Gasteiger partial charge on any atom is -0.390 e. The van der Waals surface area contributed by atoms with E-state index in [-0.39, 0.29) is 5.60 Å². The van der Waals surface area contributed by atoms with E-state index in [4.69, 9.17) is 0 Å². The highest BCUT2D eigenvalue weighted by molar-refractivity contribution is 5.05. The molecule has 1 saturated heterocycles. The fourth-order valence-electron chi connectivity index (χ4n) is 2.20. The first-order valence-electron chi connectivity index (χ1n) is 5.56. The van der Waals surface area contributed by atoms with Crippen molar-refractivity contribution in [3.05, 3.63) is 0 Å². The van der Waals surface area contributed by atoms with Crippen LogP contribution >= 0.6 is 0 Å². The lowest BCUT2D eigenvalue weighted by Crippen LogP contribution is -2.63. The number of hydrogen-bond acceptors (Lipinski definition) is 3. The van der Waals surface area contributed by atoms with Crippen molar-refractivity contribution >= 4 is 0 Å². The molecule has 0 bridgehead atoms. The molecule has 3 nitrogen and oxygen atoms in total. The molecule has 0 aromatic heterocycles. The fraction of sp³-hybridized carbons (Fsp3) is 1.00. The van der Waals surface area contributed by atoms with E-state index in [1.165, 1.54) is 12.8 Å². The Labute approximate surface area is 85.7 Å². The molecule has 1 aliphatic heterocycles. The number of aliphatic hydroxyl groups is 2. The third-order valence-corrected chi connectivity index (χ3v) is 3.37. The van der Waals surface area contributed by atoms with Crippen molar-refractivity contribution in [2.24, 2.45) is 5.92 Å². The summed E-state index contributed by atoms with van der Waals surface area (Å²) in [6, 6.07) is 0. The Kier molecular flexibility index (Phi) is 2.37. The third-order valence-electron chi connectivity index (χ3n) is 3.37. The van der Waals surface area contributed by atoms with Crippen LogP contribution in [0.3, 0.4) is 0 Å². The highest BCUT2D eigenvalue weighted by Gasteiger charge is 2.51. The van der Waals surface area contributed by atoms with Gasteiger partial charge in [-0.2, -0.15) is 0 Å². The zero-order valence-corrected chi connectivity index (χ0v) is 9.16. The fourth-order valence-corrected chi connectivity index (χ4v) is 2.20. The van der Waals surface area contributed by atoms with Crippen LogP contribution in [-0.2, 0) is 0 Å². The van der Waals surface area contributed by atoms with E-state index in [0.717, 1.165) is 26.1 Å². The molecule has 1 heterocycles. The summed E-state index contributed by atoms with van der Waals surface area (Å²) >= 11 is 0. The molecule has 0 unspecified atom stereocenters. The van der Waals surface area contributed by atoms with E-state index >= 15 is 0 Å². The SMILES string of the molecule is CC(C)(O)CCN1CC(O)(C2CC2)C1. The van der Waals surface area contributed by atoms with Crippen molar-refractivity contribution in [1.29, 1.82) is 0 Å². The van der Waals surface area contributed by atoms with Gasteiger partial charge in [0.15, 0.2) is 0 Å². The van der Waals surface area contributed by atoms with E-state index in [9.17, 15) is 10.2 Å². The Morgan fingerprint density at radius 2 is 1.93 bits per heavy atom. The average molecular weight is 199 g/mol. The largest absolute Gasteiger partial charge is 0.390 e. The molecule has 1 saturated carbocycles. The molecule has 0 aromatic rings. The van der Waals surface area contributed by atoms with Gasteiger partial charge in [0.05, 0.1) is 11.2 Å². The Hall–Kier alpha value is -0.120. The molecule has 1 aliphatic carbocycles. The summed E-state index contributed by atoms with van der Waals surface area (Å²) in [6.45, 7) is 6.19. The molecule has 2 aliphatic rings. The maximum atomic E-state index is 10.0. The second-order valence-electron chi connectivity index (χ2n) is 5.65. The molecule has 3 heteroatoms. The molecule has 2 N–H and O–H groups in total. The molecule has 2 rings (SSSR count). The van der Waals surface area contributed by atoms with Crippen LogP contribution < -0.4 is 0 Å². The van der Waals surface area contributed by atoms with Crippen molar-refractivity contribution < 1.29 is 10.2 Å². The summed E-state index contributed by atoms with van der Waals surface area (Å²) in [7, 11) is 0. The molecule has 0 spiro atoms. The van der Waals surface area contributed by atoms with Gasteiger partial charge < -0.3 is 10.2 Å². The third kappa shape index (κ3) is 2.27. The van der Waals surface area contributed by atoms with Gasteiger partial charge in [-0.25, -0.2) is 0 Å². The molecule has 0 radical (unpaired) electrons. The summed E-state index contributed by atoms with van der Waals surface area (Å²) in [5.74, 6) is 0.570. The van der Waals surface area contributed by atoms with E-state index < -0.39 is 5.60 Å². The van der Waals surface area contributed by atoms with Crippen molar-refractivity contribution in [3.63, 3.8) is 0 Å². The van der Waals surface area contributed by atoms with Gasteiger partial charge >= 0.3 is 0 Å². The summed E-state index contributed by atoms with van der Waals surface area (Å²) in [4.78, 5) is 2.23. The van der Waals surface area contributed by atoms with Gasteiger partial charge in [-0.3, -0.25) is 4.90 Å². The number of hydrogen-bond donors (Lipinski definition) is 2. The van der Waals surface area contributed by atoms with Gasteiger partial charge in [-0.15, -0.1) is 0 Å². The van der Waals surface area contributed by atoms with Gasteiger partial charge in [-0.1, -0.05) is 0 Å². The van der Waals surface area contributed by atoms with Crippen LogP contribution in [0.25, 0.3) is 0 Å². The lowest BCUT2D eigenvalue weighted by molar-refractivity contribution is -0.117. The van der Waals surface area contributed by atoms with Crippen LogP contribution in [0.15, 0.2) is 0 Å². The van der Waals surface area contributed by atoms with Crippen LogP contribution in [0.5, 0.6) is 0 Å². The van der Waals surface area contributed by atoms with Gasteiger partial charge in [0, 0.05) is 19.6 Å². The number of likely N-dealkylation sites (tertiary alicyclic amines) is 1. The summed E-state index contributed by atoms with van der Waals surface area (Å²) in [5, 5.41) is 19.6. The highest BCUT2D eigenvalue weighted by Crippen LogP contribution is 2.44. The first-order valence-corrected chi connectivity index (χ1v) is 5.56. The van der Waals surface area contributed by atoms with Crippen molar-refractivity contribution in [2.45, 2.75) is 44.3 Å². The van der Waals surface area contributed by atoms with E-state index in [1.54, 1.807) is 0 Å². The van der Waals surface area contributed by atoms with Crippen LogP contribution in [0.2, 0.25) is 0 Å². The average Bonchev–Trinajstić information content (AvgIpc) is 2.75. The Balaban J connectivity index is 1.67. The van der Waals surface area contributed by atoms with Crippen LogP contribution in [0.4, 0.5) is 0 Å². The monoisotopic (exact) mass is 199 g/mol. The van der Waals surface area contributed by atoms with E-state index in [0.29, 0.717) is 5.92 Å². The van der Waals surface area contributed by atoms with E-state index in [2.05, 4.69) is 4.90 Å². The smallest absolute Gasteiger partial charge is 0.0928 e. The topological polar surface area (TPSA) is 43.7 Å². The Bertz CT molecular complexity index is 212. The predicted octanol–water partition coefficient (Wildman–Crippen LogP) is 0.604. The second kappa shape index (κ2) is 3.19. The normalized spacial score (nSPS) is 27.4. The van der Waals surface area contributed by atoms with Gasteiger partial charge in [0.1, 0.15) is 0 Å². The first-order chi connectivity index (χ1) is 6.39. The summed E-state index contributed by atoms with van der Waals surface area (Å²) in [6.07, 6.45) is 3.19. The Morgan fingerprint density at radius 3 is 2.36 bits per heavy atom. The summed E-state index contributed by atoms with van der Waals surface area (Å²) < 4.78 is 0. The quantitative estimate of drug-likeness (QED) is 0.697. The maximum absolute atomic E-state index is 10.0. The van der Waals surface area contributed by atoms with Gasteiger partial charge in [-0.05, 0) is 39.0 Å². The number of nitrogens with zero attached hydrogens (tertiary/aromatic N) is 1. The van der Waals surface area contributed by atoms with Crippen LogP contribution in [-0.4, -0.2) is 45.9 Å². The van der Waals surface area contributed by atoms with E-state index in [1.807, 2.05) is 13.8 Å². The minimum atomic E-state index is -0.576. The first kappa shape index (κ1) is 10.4. The van der Waals surface area contributed by atoms with Gasteiger partial charge in [0.2, 0.25) is 0 Å². The molecule has 0 amide bonds. The molecule has 0 atom stereocenters. The molecule has 0 aromatic carbocycles. The number of rotatable bonds is 4. The van der Waals surface area contributed by atoms with Crippen molar-refractivity contribution in [1.82, 2.24) is 4.90 Å². The number of β-amino-alcohol motifs (C(OH)–C–C–N with tert-alkyl or cyclic N) is 1. The molecular weight excluding hydrogens is 178 g/mol. The minimum absolute atomic E-state index is 0.375. The highest BCUT2D eigenvalue weighted by atomic mass is 16.3. The maximum Gasteiger partial charge on any atom is 0.0928 e. The molecule has 14 heavy (non-hydrogen) atoms. The Morgan fingerprint density at radius 1 is 1.36 bits per heavy atom. The predicted molar refractivity (Wildman–Crippen MR) is 55.0 cm³/mol. The van der Waals surface area contributed by atoms with Gasteiger partial charge in [0.25, 0.3) is 0 Å². The molecule has 2 fully saturated rings. The standard InChI is InChI=1S/C11H21NO2/c1-10(2,13)5-6-12-7-11(14,8-12)9-3-4-9/h9,13-14H,3-8H2,1-2H3. The lowest BCUT2D eigenvalue weighted by atomic mass is 9.88. The zero-order chi connectivity index (χ0) is 10.4. The second-order valence-corrected chi connectivity index (χ2v) is 5.65. The van der Waals surface area contributed by atoms with Crippen molar-refractivity contribution in [2.75, 3.05) is 19.6 Å².